The number of nitrogens with zero attached hydrogens (tertiary/aromatic N) is 4. The van der Waals surface area contributed by atoms with Crippen LogP contribution in [-0.2, 0) is 0 Å². The van der Waals surface area contributed by atoms with Gasteiger partial charge in [0, 0.05) is 27.1 Å². The van der Waals surface area contributed by atoms with Crippen LogP contribution in [0.3, 0.4) is 0 Å². The van der Waals surface area contributed by atoms with Crippen LogP contribution in [0.5, 0.6) is 0 Å². The van der Waals surface area contributed by atoms with Gasteiger partial charge in [-0.15, -0.1) is 0 Å². The first-order chi connectivity index (χ1) is 36.5. The zero-order valence-electron chi connectivity index (χ0n) is 45.8. The number of hydrogen-bond acceptors (Lipinski definition) is 1. The lowest BCUT2D eigenvalue weighted by Crippen LogP contribution is -2.03. The van der Waals surface area contributed by atoms with Crippen LogP contribution >= 0.6 is 0 Å². The molecule has 0 aliphatic rings. The molecule has 76 heavy (non-hydrogen) atoms. The zero-order valence-corrected chi connectivity index (χ0v) is 45.8. The van der Waals surface area contributed by atoms with E-state index in [-0.39, 0.29) is 0 Å². The molecule has 3 aromatic heterocycles. The van der Waals surface area contributed by atoms with Gasteiger partial charge in [0.25, 0.3) is 0 Å². The zero-order chi connectivity index (χ0) is 53.0. The lowest BCUT2D eigenvalue weighted by Gasteiger charge is -2.17. The maximum absolute atomic E-state index is 7.88. The van der Waals surface area contributed by atoms with Gasteiger partial charge >= 0.3 is 0 Å². The third kappa shape index (κ3) is 7.93. The molecule has 0 amide bonds. The first-order valence-corrected chi connectivity index (χ1v) is 26.5. The van der Waals surface area contributed by atoms with Crippen molar-refractivity contribution in [1.29, 1.82) is 0 Å². The van der Waals surface area contributed by atoms with Crippen LogP contribution in [0.2, 0.25) is 0 Å². The summed E-state index contributed by atoms with van der Waals surface area (Å²) in [5, 5.41) is 4.72. The van der Waals surface area contributed by atoms with E-state index in [0.717, 1.165) is 44.7 Å². The Labute approximate surface area is 447 Å². The molecule has 370 valence electrons. The first-order valence-electron chi connectivity index (χ1n) is 26.5. The number of rotatable bonds is 7. The highest BCUT2D eigenvalue weighted by Gasteiger charge is 2.23. The summed E-state index contributed by atoms with van der Waals surface area (Å²) >= 11 is 0. The highest BCUT2D eigenvalue weighted by Crippen LogP contribution is 2.44. The Hall–Kier alpha value is -8.78. The minimum atomic E-state index is 0.604. The van der Waals surface area contributed by atoms with Crippen molar-refractivity contribution < 1.29 is 0 Å². The van der Waals surface area contributed by atoms with Gasteiger partial charge in [-0.05, 0) is 232 Å². The molecule has 0 radical (unpaired) electrons. The van der Waals surface area contributed by atoms with Crippen molar-refractivity contribution in [2.24, 2.45) is 0 Å². The molecule has 0 aliphatic heterocycles. The quantitative estimate of drug-likeness (QED) is 0.146. The van der Waals surface area contributed by atoms with Crippen LogP contribution in [-0.4, -0.2) is 14.1 Å². The Kier molecular flexibility index (Phi) is 11.6. The molecule has 0 saturated heterocycles. The molecule has 0 aliphatic carbocycles. The maximum atomic E-state index is 7.88. The summed E-state index contributed by atoms with van der Waals surface area (Å²) in [6.45, 7) is 34.4. The standard InChI is InChI=1S/C72H62N4/c1-40-26-44(5)69(45(6)27-40)53-16-22-63-59(34-53)60-35-54(70-46(7)28-41(2)29-47(70)8)17-23-64(60)75(63)67-39-74-68(38-58(67)52-14-20-57(73-13)21-15-52)76-65-24-18-55(71-48(9)30-42(3)31-49(71)10)36-61(65)62-37-56(19-25-66(62)76)72-50(11)32-43(4)33-51(72)12/h14-39H,1-12H3. The van der Waals surface area contributed by atoms with Gasteiger partial charge in [-0.1, -0.05) is 119 Å². The molecule has 0 unspecified atom stereocenters. The lowest BCUT2D eigenvalue weighted by molar-refractivity contribution is 1.06. The second-order valence-corrected chi connectivity index (χ2v) is 21.9. The molecule has 12 aromatic rings. The number of fused-ring (bicyclic) bond motifs is 6. The highest BCUT2D eigenvalue weighted by molar-refractivity contribution is 6.14. The van der Waals surface area contributed by atoms with Gasteiger partial charge in [0.15, 0.2) is 5.69 Å². The Bertz CT molecular complexity index is 4150. The third-order valence-electron chi connectivity index (χ3n) is 16.0. The van der Waals surface area contributed by atoms with E-state index in [1.54, 1.807) is 0 Å². The molecule has 12 rings (SSSR count). The van der Waals surface area contributed by atoms with E-state index in [2.05, 4.69) is 243 Å². The molecule has 0 fully saturated rings. The van der Waals surface area contributed by atoms with E-state index in [9.17, 15) is 0 Å². The maximum Gasteiger partial charge on any atom is 0.187 e. The van der Waals surface area contributed by atoms with Crippen LogP contribution in [0.15, 0.2) is 158 Å². The summed E-state index contributed by atoms with van der Waals surface area (Å²) in [6.07, 6.45) is 2.08. The average molecular weight is 983 g/mol. The van der Waals surface area contributed by atoms with Gasteiger partial charge in [0.1, 0.15) is 5.82 Å². The summed E-state index contributed by atoms with van der Waals surface area (Å²) in [4.78, 5) is 9.34. The van der Waals surface area contributed by atoms with Crippen molar-refractivity contribution in [3.63, 3.8) is 0 Å². The van der Waals surface area contributed by atoms with Gasteiger partial charge in [-0.3, -0.25) is 4.57 Å². The van der Waals surface area contributed by atoms with E-state index < -0.39 is 0 Å². The molecular formula is C72H62N4. The Morgan fingerprint density at radius 3 is 0.921 bits per heavy atom. The fraction of sp³-hybridized carbons (Fsp3) is 0.167. The van der Waals surface area contributed by atoms with Gasteiger partial charge in [0.2, 0.25) is 0 Å². The summed E-state index contributed by atoms with van der Waals surface area (Å²) in [7, 11) is 0. The summed E-state index contributed by atoms with van der Waals surface area (Å²) in [5.74, 6) is 0.819. The number of aromatic nitrogens is 3. The highest BCUT2D eigenvalue weighted by atomic mass is 15.1. The molecule has 0 N–H and O–H groups in total. The Morgan fingerprint density at radius 1 is 0.329 bits per heavy atom. The molecule has 4 nitrogen and oxygen atoms in total. The normalized spacial score (nSPS) is 11.7. The Morgan fingerprint density at radius 2 is 0.618 bits per heavy atom. The van der Waals surface area contributed by atoms with Crippen molar-refractivity contribution in [3.05, 3.63) is 236 Å². The van der Waals surface area contributed by atoms with Crippen LogP contribution in [0.4, 0.5) is 5.69 Å². The smallest absolute Gasteiger partial charge is 0.187 e. The van der Waals surface area contributed by atoms with E-state index in [4.69, 9.17) is 11.6 Å². The second kappa shape index (κ2) is 18.3. The van der Waals surface area contributed by atoms with Gasteiger partial charge < -0.3 is 4.57 Å². The predicted molar refractivity (Wildman–Crippen MR) is 323 cm³/mol. The first kappa shape index (κ1) is 48.2. The molecule has 0 spiro atoms. The van der Waals surface area contributed by atoms with E-state index >= 15 is 0 Å². The van der Waals surface area contributed by atoms with Crippen molar-refractivity contribution in [2.75, 3.05) is 0 Å². The molecule has 0 atom stereocenters. The van der Waals surface area contributed by atoms with E-state index in [0.29, 0.717) is 5.69 Å². The predicted octanol–water partition coefficient (Wildman–Crippen LogP) is 19.9. The van der Waals surface area contributed by atoms with Crippen molar-refractivity contribution in [2.45, 2.75) is 83.1 Å². The minimum absolute atomic E-state index is 0.604. The van der Waals surface area contributed by atoms with Gasteiger partial charge in [0.05, 0.1) is 40.5 Å². The molecule has 9 aromatic carbocycles. The van der Waals surface area contributed by atoms with Crippen molar-refractivity contribution >= 4 is 49.3 Å². The molecule has 4 heteroatoms. The largest absolute Gasteiger partial charge is 0.307 e. The summed E-state index contributed by atoms with van der Waals surface area (Å²) < 4.78 is 4.77. The SMILES string of the molecule is [C-]#[N+]c1ccc(-c2cc(-n3c4ccc(-c5c(C)cc(C)cc5C)cc4c4cc(-c5c(C)cc(C)cc5C)ccc43)ncc2-n2c3ccc(-c4c(C)cc(C)cc4C)cc3c3cc(-c4c(C)cc(C)cc4C)ccc32)cc1. The van der Waals surface area contributed by atoms with Gasteiger partial charge in [-0.25, -0.2) is 9.83 Å². The second-order valence-electron chi connectivity index (χ2n) is 21.9. The lowest BCUT2D eigenvalue weighted by atomic mass is 9.91. The fourth-order valence-corrected chi connectivity index (χ4v) is 13.4. The monoisotopic (exact) mass is 982 g/mol. The molecular weight excluding hydrogens is 921 g/mol. The number of hydrogen-bond donors (Lipinski definition) is 0. The summed E-state index contributed by atoms with van der Waals surface area (Å²) in [6, 6.07) is 56.6. The summed E-state index contributed by atoms with van der Waals surface area (Å²) in [5.41, 5.74) is 33.2. The molecule has 3 heterocycles. The number of aryl methyl sites for hydroxylation is 12. The average Bonchev–Trinajstić information content (AvgIpc) is 3.99. The number of benzene rings is 9. The topological polar surface area (TPSA) is 27.1 Å². The van der Waals surface area contributed by atoms with Crippen LogP contribution < -0.4 is 0 Å². The van der Waals surface area contributed by atoms with Crippen LogP contribution in [0.25, 0.3) is 116 Å². The van der Waals surface area contributed by atoms with Crippen molar-refractivity contribution in [1.82, 2.24) is 14.1 Å². The third-order valence-corrected chi connectivity index (χ3v) is 16.0. The van der Waals surface area contributed by atoms with Crippen LogP contribution in [0.1, 0.15) is 66.8 Å². The number of pyridine rings is 1. The van der Waals surface area contributed by atoms with E-state index in [1.807, 2.05) is 12.1 Å². The van der Waals surface area contributed by atoms with Crippen molar-refractivity contribution in [3.8, 4) is 67.1 Å². The van der Waals surface area contributed by atoms with Gasteiger partial charge in [-0.2, -0.15) is 0 Å². The van der Waals surface area contributed by atoms with Crippen LogP contribution in [0, 0.1) is 89.7 Å². The van der Waals surface area contributed by atoms with E-state index in [1.165, 1.54) is 133 Å². The Balaban J connectivity index is 1.14. The minimum Gasteiger partial charge on any atom is -0.307 e. The molecule has 0 bridgehead atoms. The fourth-order valence-electron chi connectivity index (χ4n) is 13.4. The molecule has 0 saturated carbocycles.